The SMILES string of the molecule is Cc1cc(C#N)cc(C)c1Oc1nc(Nc2ccccc2C#N)ncc1N. The number of anilines is 3. The van der Waals surface area contributed by atoms with Crippen molar-refractivity contribution in [1.29, 1.82) is 10.5 Å². The minimum Gasteiger partial charge on any atom is -0.436 e. The van der Waals surface area contributed by atoms with Gasteiger partial charge in [-0.15, -0.1) is 0 Å². The number of aromatic nitrogens is 2. The minimum absolute atomic E-state index is 0.192. The van der Waals surface area contributed by atoms with E-state index in [1.165, 1.54) is 6.20 Å². The summed E-state index contributed by atoms with van der Waals surface area (Å²) in [6.45, 7) is 3.70. The lowest BCUT2D eigenvalue weighted by Crippen LogP contribution is -2.04. The van der Waals surface area contributed by atoms with Crippen molar-refractivity contribution in [1.82, 2.24) is 9.97 Å². The van der Waals surface area contributed by atoms with Gasteiger partial charge >= 0.3 is 0 Å². The first-order chi connectivity index (χ1) is 13.0. The summed E-state index contributed by atoms with van der Waals surface area (Å²) in [7, 11) is 0. The number of aryl methyl sites for hydroxylation is 2. The molecule has 0 aliphatic carbocycles. The van der Waals surface area contributed by atoms with Crippen molar-refractivity contribution in [3.8, 4) is 23.8 Å². The zero-order valence-electron chi connectivity index (χ0n) is 14.8. The summed E-state index contributed by atoms with van der Waals surface area (Å²) in [6.07, 6.45) is 1.44. The maximum Gasteiger partial charge on any atom is 0.247 e. The standard InChI is InChI=1S/C20H16N6O/c1-12-7-14(9-21)8-13(2)18(12)27-19-16(23)11-24-20(26-19)25-17-6-4-3-5-15(17)10-22/h3-8,11H,23H2,1-2H3,(H,24,25,26). The van der Waals surface area contributed by atoms with E-state index >= 15 is 0 Å². The first-order valence-corrected chi connectivity index (χ1v) is 8.09. The molecule has 7 heteroatoms. The molecule has 1 heterocycles. The van der Waals surface area contributed by atoms with Gasteiger partial charge in [-0.1, -0.05) is 12.1 Å². The van der Waals surface area contributed by atoms with E-state index in [0.29, 0.717) is 22.6 Å². The van der Waals surface area contributed by atoms with E-state index in [4.69, 9.17) is 15.7 Å². The van der Waals surface area contributed by atoms with E-state index in [9.17, 15) is 5.26 Å². The smallest absolute Gasteiger partial charge is 0.247 e. The van der Waals surface area contributed by atoms with E-state index in [2.05, 4.69) is 27.4 Å². The Kier molecular flexibility index (Phi) is 4.87. The van der Waals surface area contributed by atoms with Gasteiger partial charge in [-0.05, 0) is 49.2 Å². The lowest BCUT2D eigenvalue weighted by Gasteiger charge is -2.14. The Morgan fingerprint density at radius 1 is 1.07 bits per heavy atom. The van der Waals surface area contributed by atoms with E-state index in [1.54, 1.807) is 36.4 Å². The Bertz CT molecular complexity index is 1070. The molecule has 132 valence electrons. The second kappa shape index (κ2) is 7.42. The predicted octanol–water partition coefficient (Wildman–Crippen LogP) is 3.95. The van der Waals surface area contributed by atoms with Crippen molar-refractivity contribution in [3.63, 3.8) is 0 Å². The van der Waals surface area contributed by atoms with Gasteiger partial charge in [-0.25, -0.2) is 4.98 Å². The molecule has 0 aliphatic rings. The van der Waals surface area contributed by atoms with Crippen LogP contribution in [0.5, 0.6) is 11.6 Å². The van der Waals surface area contributed by atoms with Crippen molar-refractivity contribution >= 4 is 17.3 Å². The molecular weight excluding hydrogens is 340 g/mol. The monoisotopic (exact) mass is 356 g/mol. The Morgan fingerprint density at radius 2 is 1.78 bits per heavy atom. The van der Waals surface area contributed by atoms with Gasteiger partial charge in [0.25, 0.3) is 0 Å². The summed E-state index contributed by atoms with van der Waals surface area (Å²) < 4.78 is 5.91. The van der Waals surface area contributed by atoms with Crippen molar-refractivity contribution in [3.05, 3.63) is 64.8 Å². The van der Waals surface area contributed by atoms with Crippen LogP contribution in [0, 0.1) is 36.5 Å². The molecule has 0 spiro atoms. The number of nitrogens with zero attached hydrogens (tertiary/aromatic N) is 4. The number of para-hydroxylation sites is 1. The lowest BCUT2D eigenvalue weighted by molar-refractivity contribution is 0.458. The van der Waals surface area contributed by atoms with Crippen molar-refractivity contribution in [2.45, 2.75) is 13.8 Å². The fourth-order valence-electron chi connectivity index (χ4n) is 2.60. The van der Waals surface area contributed by atoms with E-state index in [-0.39, 0.29) is 17.5 Å². The third-order valence-corrected chi connectivity index (χ3v) is 3.86. The molecule has 0 fully saturated rings. The quantitative estimate of drug-likeness (QED) is 0.726. The number of nitrogen functional groups attached to an aromatic ring is 1. The highest BCUT2D eigenvalue weighted by Crippen LogP contribution is 2.32. The molecule has 3 rings (SSSR count). The van der Waals surface area contributed by atoms with Gasteiger partial charge in [-0.3, -0.25) is 0 Å². The Morgan fingerprint density at radius 3 is 2.44 bits per heavy atom. The van der Waals surface area contributed by atoms with Crippen LogP contribution in [-0.4, -0.2) is 9.97 Å². The Labute approximate surface area is 156 Å². The van der Waals surface area contributed by atoms with Crippen LogP contribution in [-0.2, 0) is 0 Å². The predicted molar refractivity (Wildman–Crippen MR) is 102 cm³/mol. The molecule has 3 N–H and O–H groups in total. The number of hydrogen-bond acceptors (Lipinski definition) is 7. The van der Waals surface area contributed by atoms with Crippen LogP contribution in [0.15, 0.2) is 42.6 Å². The molecule has 1 aromatic heterocycles. The largest absolute Gasteiger partial charge is 0.436 e. The molecule has 7 nitrogen and oxygen atoms in total. The summed E-state index contributed by atoms with van der Waals surface area (Å²) in [4.78, 5) is 8.46. The van der Waals surface area contributed by atoms with E-state index in [0.717, 1.165) is 11.1 Å². The van der Waals surface area contributed by atoms with Gasteiger partial charge in [-0.2, -0.15) is 15.5 Å². The summed E-state index contributed by atoms with van der Waals surface area (Å²) in [5, 5.41) is 21.3. The van der Waals surface area contributed by atoms with Crippen molar-refractivity contribution in [2.24, 2.45) is 0 Å². The summed E-state index contributed by atoms with van der Waals surface area (Å²) in [5.74, 6) is 1.03. The molecule has 0 saturated heterocycles. The van der Waals surface area contributed by atoms with Crippen molar-refractivity contribution < 1.29 is 4.74 Å². The topological polar surface area (TPSA) is 121 Å². The van der Waals surface area contributed by atoms with Crippen molar-refractivity contribution in [2.75, 3.05) is 11.1 Å². The van der Waals surface area contributed by atoms with Crippen LogP contribution in [0.25, 0.3) is 0 Å². The fraction of sp³-hybridized carbons (Fsp3) is 0.100. The van der Waals surface area contributed by atoms with Gasteiger partial charge in [0.2, 0.25) is 11.8 Å². The third-order valence-electron chi connectivity index (χ3n) is 3.86. The third kappa shape index (κ3) is 3.78. The minimum atomic E-state index is 0.192. The normalized spacial score (nSPS) is 9.93. The number of ether oxygens (including phenoxy) is 1. The van der Waals surface area contributed by atoms with Crippen LogP contribution in [0.2, 0.25) is 0 Å². The second-order valence-corrected chi connectivity index (χ2v) is 5.89. The number of hydrogen-bond donors (Lipinski definition) is 2. The first kappa shape index (κ1) is 17.7. The summed E-state index contributed by atoms with van der Waals surface area (Å²) in [5.41, 5.74) is 9.45. The molecular formula is C20H16N6O. The average molecular weight is 356 g/mol. The Balaban J connectivity index is 1.93. The molecule has 0 atom stereocenters. The molecule has 2 aromatic carbocycles. The zero-order chi connectivity index (χ0) is 19.4. The summed E-state index contributed by atoms with van der Waals surface area (Å²) >= 11 is 0. The number of nitrogens with one attached hydrogen (secondary N) is 1. The fourth-order valence-corrected chi connectivity index (χ4v) is 2.60. The molecule has 27 heavy (non-hydrogen) atoms. The molecule has 0 bridgehead atoms. The van der Waals surface area contributed by atoms with Crippen LogP contribution in [0.4, 0.5) is 17.3 Å². The molecule has 0 aliphatic heterocycles. The maximum absolute atomic E-state index is 9.20. The van der Waals surface area contributed by atoms with E-state index in [1.807, 2.05) is 13.8 Å². The van der Waals surface area contributed by atoms with Crippen LogP contribution < -0.4 is 15.8 Å². The first-order valence-electron chi connectivity index (χ1n) is 8.09. The average Bonchev–Trinajstić information content (AvgIpc) is 2.67. The van der Waals surface area contributed by atoms with Gasteiger partial charge in [0.1, 0.15) is 17.5 Å². The van der Waals surface area contributed by atoms with Gasteiger partial charge in [0.15, 0.2) is 0 Å². The second-order valence-electron chi connectivity index (χ2n) is 5.89. The highest BCUT2D eigenvalue weighted by molar-refractivity contribution is 5.64. The van der Waals surface area contributed by atoms with Crippen LogP contribution in [0.1, 0.15) is 22.3 Å². The van der Waals surface area contributed by atoms with Gasteiger partial charge < -0.3 is 15.8 Å². The van der Waals surface area contributed by atoms with Crippen LogP contribution in [0.3, 0.4) is 0 Å². The Hall–Kier alpha value is -4.10. The number of rotatable bonds is 4. The van der Waals surface area contributed by atoms with Gasteiger partial charge in [0, 0.05) is 0 Å². The van der Waals surface area contributed by atoms with E-state index < -0.39 is 0 Å². The van der Waals surface area contributed by atoms with Crippen LogP contribution >= 0.6 is 0 Å². The highest BCUT2D eigenvalue weighted by Gasteiger charge is 2.13. The molecule has 0 amide bonds. The maximum atomic E-state index is 9.20. The number of nitrogens with two attached hydrogens (primary N) is 1. The summed E-state index contributed by atoms with van der Waals surface area (Å²) in [6, 6.07) is 14.7. The number of nitriles is 2. The molecule has 0 radical (unpaired) electrons. The molecule has 3 aromatic rings. The zero-order valence-corrected chi connectivity index (χ0v) is 14.8. The lowest BCUT2D eigenvalue weighted by atomic mass is 10.1. The number of benzene rings is 2. The van der Waals surface area contributed by atoms with Gasteiger partial charge in [0.05, 0.1) is 29.1 Å². The molecule has 0 unspecified atom stereocenters. The molecule has 0 saturated carbocycles. The highest BCUT2D eigenvalue weighted by atomic mass is 16.5.